The van der Waals surface area contributed by atoms with Gasteiger partial charge in [-0.3, -0.25) is 0 Å². The van der Waals surface area contributed by atoms with Crippen molar-refractivity contribution in [2.45, 2.75) is 30.7 Å². The standard InChI is InChI=1S/C6H12O6/c7-1-2-3(8)4(9)5(10)6(11)12-2/h2-11H,1H2/t2-,3+,4+,5-,6?/m1/s1/i4D. The van der Waals surface area contributed by atoms with Gasteiger partial charge in [0.05, 0.1) is 7.98 Å². The molecule has 0 amide bonds. The SMILES string of the molecule is [2H][C@@]1(O)[C@@H](O)C(O)O[C@H](CO)[C@@H]1O. The number of ether oxygens (including phenoxy) is 1. The second kappa shape index (κ2) is 3.65. The van der Waals surface area contributed by atoms with Crippen LogP contribution in [0.1, 0.15) is 1.37 Å². The summed E-state index contributed by atoms with van der Waals surface area (Å²) >= 11 is 0. The normalized spacial score (nSPS) is 56.6. The van der Waals surface area contributed by atoms with Crippen LogP contribution in [0.25, 0.3) is 0 Å². The number of aliphatic hydroxyl groups excluding tert-OH is 4. The summed E-state index contributed by atoms with van der Waals surface area (Å²) in [7, 11) is 0. The molecule has 0 saturated carbocycles. The predicted octanol–water partition coefficient (Wildman–Crippen LogP) is -3.22. The molecule has 5 atom stereocenters. The van der Waals surface area contributed by atoms with Crippen LogP contribution in [-0.4, -0.2) is 62.8 Å². The van der Waals surface area contributed by atoms with Crippen LogP contribution >= 0.6 is 0 Å². The third-order valence-corrected chi connectivity index (χ3v) is 1.72. The Balaban J connectivity index is 2.82. The highest BCUT2D eigenvalue weighted by Gasteiger charge is 2.42. The molecule has 0 aliphatic carbocycles. The minimum Gasteiger partial charge on any atom is -0.394 e. The molecule has 0 bridgehead atoms. The van der Waals surface area contributed by atoms with Crippen molar-refractivity contribution in [1.29, 1.82) is 0 Å². The van der Waals surface area contributed by atoms with E-state index in [0.717, 1.165) is 0 Å². The van der Waals surface area contributed by atoms with E-state index in [9.17, 15) is 10.2 Å². The van der Waals surface area contributed by atoms with Gasteiger partial charge in [0.1, 0.15) is 24.4 Å². The molecular formula is C6H12O6. The lowest BCUT2D eigenvalue weighted by Crippen LogP contribution is -2.58. The maximum absolute atomic E-state index is 9.20. The van der Waals surface area contributed by atoms with Crippen LogP contribution in [0.3, 0.4) is 0 Å². The monoisotopic (exact) mass is 181 g/mol. The summed E-state index contributed by atoms with van der Waals surface area (Å²) in [6.45, 7) is -0.661. The molecule has 1 unspecified atom stereocenters. The lowest BCUT2D eigenvalue weighted by Gasteiger charge is -2.37. The average Bonchev–Trinajstić information content (AvgIpc) is 2.09. The number of rotatable bonds is 1. The molecule has 0 aromatic heterocycles. The Hall–Kier alpha value is -0.240. The van der Waals surface area contributed by atoms with Crippen molar-refractivity contribution < 1.29 is 31.6 Å². The summed E-state index contributed by atoms with van der Waals surface area (Å²) in [5.41, 5.74) is 0. The summed E-state index contributed by atoms with van der Waals surface area (Å²) in [5, 5.41) is 45.0. The molecule has 1 saturated heterocycles. The van der Waals surface area contributed by atoms with Gasteiger partial charge in [-0.15, -0.1) is 0 Å². The lowest BCUT2D eigenvalue weighted by molar-refractivity contribution is -0.286. The molecule has 1 heterocycles. The van der Waals surface area contributed by atoms with Crippen molar-refractivity contribution in [3.05, 3.63) is 0 Å². The van der Waals surface area contributed by atoms with Crippen molar-refractivity contribution in [2.24, 2.45) is 0 Å². The van der Waals surface area contributed by atoms with Crippen LogP contribution in [0.5, 0.6) is 0 Å². The third kappa shape index (κ3) is 1.58. The zero-order valence-corrected chi connectivity index (χ0v) is 6.16. The Bertz CT molecular complexity index is 186. The van der Waals surface area contributed by atoms with Gasteiger partial charge in [0.2, 0.25) is 0 Å². The number of aliphatic hydroxyl groups is 5. The molecule has 1 rings (SSSR count). The van der Waals surface area contributed by atoms with Gasteiger partial charge in [0.25, 0.3) is 0 Å². The fraction of sp³-hybridized carbons (Fsp3) is 1.00. The van der Waals surface area contributed by atoms with Gasteiger partial charge < -0.3 is 30.3 Å². The topological polar surface area (TPSA) is 110 Å². The van der Waals surface area contributed by atoms with E-state index in [1.807, 2.05) is 0 Å². The van der Waals surface area contributed by atoms with Crippen LogP contribution in [0.15, 0.2) is 0 Å². The predicted molar refractivity (Wildman–Crippen MR) is 36.0 cm³/mol. The highest BCUT2D eigenvalue weighted by atomic mass is 16.6. The van der Waals surface area contributed by atoms with E-state index in [2.05, 4.69) is 4.74 Å². The van der Waals surface area contributed by atoms with Gasteiger partial charge in [-0.1, -0.05) is 0 Å². The maximum atomic E-state index is 9.20. The van der Waals surface area contributed by atoms with E-state index in [-0.39, 0.29) is 0 Å². The molecular weight excluding hydrogens is 168 g/mol. The quantitative estimate of drug-likeness (QED) is 0.291. The largest absolute Gasteiger partial charge is 0.394 e. The molecule has 1 aliphatic rings. The molecule has 72 valence electrons. The molecule has 0 aromatic rings. The first kappa shape index (κ1) is 8.36. The highest BCUT2D eigenvalue weighted by molar-refractivity contribution is 4.87. The van der Waals surface area contributed by atoms with Crippen LogP contribution < -0.4 is 0 Å². The van der Waals surface area contributed by atoms with Crippen LogP contribution in [0, 0.1) is 0 Å². The molecule has 0 spiro atoms. The van der Waals surface area contributed by atoms with Crippen molar-refractivity contribution in [1.82, 2.24) is 0 Å². The molecule has 6 nitrogen and oxygen atoms in total. The smallest absolute Gasteiger partial charge is 0.184 e. The Labute approximate surface area is 70.0 Å². The molecule has 1 aliphatic heterocycles. The first-order valence-corrected chi connectivity index (χ1v) is 3.44. The van der Waals surface area contributed by atoms with Crippen LogP contribution in [0.4, 0.5) is 0 Å². The second-order valence-electron chi connectivity index (χ2n) is 2.56. The van der Waals surface area contributed by atoms with Crippen LogP contribution in [-0.2, 0) is 4.74 Å². The van der Waals surface area contributed by atoms with Gasteiger partial charge >= 0.3 is 0 Å². The molecule has 0 radical (unpaired) electrons. The van der Waals surface area contributed by atoms with E-state index >= 15 is 0 Å². The van der Waals surface area contributed by atoms with E-state index in [1.54, 1.807) is 0 Å². The van der Waals surface area contributed by atoms with Gasteiger partial charge in [0, 0.05) is 0 Å². The maximum Gasteiger partial charge on any atom is 0.184 e. The molecule has 12 heavy (non-hydrogen) atoms. The average molecular weight is 181 g/mol. The summed E-state index contributed by atoms with van der Waals surface area (Å²) in [5.74, 6) is 0. The molecule has 0 aromatic carbocycles. The fourth-order valence-corrected chi connectivity index (χ4v) is 0.982. The summed E-state index contributed by atoms with van der Waals surface area (Å²) in [6.07, 6.45) is -9.39. The first-order chi connectivity index (χ1) is 5.91. The summed E-state index contributed by atoms with van der Waals surface area (Å²) in [4.78, 5) is 0. The van der Waals surface area contributed by atoms with Gasteiger partial charge in [-0.25, -0.2) is 0 Å². The van der Waals surface area contributed by atoms with E-state index in [0.29, 0.717) is 0 Å². The molecule has 6 heteroatoms. The highest BCUT2D eigenvalue weighted by Crippen LogP contribution is 2.18. The number of hydrogen-bond donors (Lipinski definition) is 5. The minimum atomic E-state index is -2.63. The summed E-state index contributed by atoms with van der Waals surface area (Å²) < 4.78 is 11.6. The number of hydrogen-bond acceptors (Lipinski definition) is 6. The van der Waals surface area contributed by atoms with E-state index in [4.69, 9.17) is 16.7 Å². The van der Waals surface area contributed by atoms with Crippen molar-refractivity contribution in [3.8, 4) is 0 Å². The van der Waals surface area contributed by atoms with Crippen molar-refractivity contribution in [2.75, 3.05) is 6.61 Å². The van der Waals surface area contributed by atoms with E-state index < -0.39 is 37.3 Å². The zero-order valence-electron chi connectivity index (χ0n) is 7.16. The fourth-order valence-electron chi connectivity index (χ4n) is 0.982. The minimum absolute atomic E-state index is 0.661. The molecule has 1 fully saturated rings. The Morgan fingerprint density at radius 3 is 2.25 bits per heavy atom. The first-order valence-electron chi connectivity index (χ1n) is 3.94. The van der Waals surface area contributed by atoms with Crippen molar-refractivity contribution in [3.63, 3.8) is 0 Å². The lowest BCUT2D eigenvalue weighted by atomic mass is 10.00. The van der Waals surface area contributed by atoms with E-state index in [1.165, 1.54) is 0 Å². The summed E-state index contributed by atoms with van der Waals surface area (Å²) in [6, 6.07) is 0. The second-order valence-corrected chi connectivity index (χ2v) is 2.56. The van der Waals surface area contributed by atoms with Crippen molar-refractivity contribution >= 4 is 0 Å². The van der Waals surface area contributed by atoms with Gasteiger partial charge in [0.15, 0.2) is 6.29 Å². The van der Waals surface area contributed by atoms with Gasteiger partial charge in [-0.2, -0.15) is 0 Å². The Kier molecular flexibility index (Phi) is 2.54. The Morgan fingerprint density at radius 2 is 1.75 bits per heavy atom. The zero-order chi connectivity index (χ0) is 10.2. The molecule has 5 N–H and O–H groups in total. The Morgan fingerprint density at radius 1 is 1.17 bits per heavy atom. The third-order valence-electron chi connectivity index (χ3n) is 1.72. The van der Waals surface area contributed by atoms with Gasteiger partial charge in [-0.05, 0) is 0 Å². The van der Waals surface area contributed by atoms with Crippen LogP contribution in [0.2, 0.25) is 0 Å².